The van der Waals surface area contributed by atoms with E-state index in [1.54, 1.807) is 7.11 Å². The Balaban J connectivity index is 2.12. The molecule has 0 spiro atoms. The van der Waals surface area contributed by atoms with Crippen LogP contribution in [0, 0.1) is 6.92 Å². The number of nitrogens with zero attached hydrogens (tertiary/aromatic N) is 1. The third-order valence-electron chi connectivity index (χ3n) is 4.53. The van der Waals surface area contributed by atoms with Crippen molar-refractivity contribution in [2.24, 2.45) is 0 Å². The smallest absolute Gasteiger partial charge is 0.123 e. The Morgan fingerprint density at radius 3 is 2.81 bits per heavy atom. The van der Waals surface area contributed by atoms with Crippen molar-refractivity contribution in [1.82, 2.24) is 10.2 Å². The van der Waals surface area contributed by atoms with Gasteiger partial charge in [-0.25, -0.2) is 0 Å². The van der Waals surface area contributed by atoms with Crippen molar-refractivity contribution < 1.29 is 4.74 Å². The van der Waals surface area contributed by atoms with E-state index in [9.17, 15) is 0 Å². The van der Waals surface area contributed by atoms with Crippen LogP contribution in [0.1, 0.15) is 44.2 Å². The van der Waals surface area contributed by atoms with Crippen LogP contribution in [0.2, 0.25) is 0 Å². The largest absolute Gasteiger partial charge is 0.496 e. The van der Waals surface area contributed by atoms with Gasteiger partial charge in [-0.2, -0.15) is 0 Å². The van der Waals surface area contributed by atoms with E-state index in [0.717, 1.165) is 25.4 Å². The van der Waals surface area contributed by atoms with Gasteiger partial charge in [0, 0.05) is 37.3 Å². The number of methoxy groups -OCH3 is 1. The monoisotopic (exact) mass is 290 g/mol. The fourth-order valence-corrected chi connectivity index (χ4v) is 3.32. The van der Waals surface area contributed by atoms with Crippen LogP contribution in [0.4, 0.5) is 0 Å². The van der Waals surface area contributed by atoms with E-state index in [-0.39, 0.29) is 0 Å². The van der Waals surface area contributed by atoms with Crippen LogP contribution in [0.15, 0.2) is 18.2 Å². The normalized spacial score (nSPS) is 23.2. The van der Waals surface area contributed by atoms with Crippen molar-refractivity contribution in [2.75, 3.05) is 20.2 Å². The molecule has 0 aromatic heterocycles. The van der Waals surface area contributed by atoms with Crippen LogP contribution in [0.25, 0.3) is 0 Å². The van der Waals surface area contributed by atoms with Gasteiger partial charge in [-0.05, 0) is 25.8 Å². The number of rotatable bonds is 6. The molecule has 2 unspecified atom stereocenters. The van der Waals surface area contributed by atoms with Crippen LogP contribution >= 0.6 is 0 Å². The zero-order chi connectivity index (χ0) is 15.2. The molecule has 1 N–H and O–H groups in total. The standard InChI is InChI=1S/C18H30N2O/c1-5-7-16-13-20(17(6-2)11-19-16)12-15-10-14(3)8-9-18(15)21-4/h8-10,16-17,19H,5-7,11-13H2,1-4H3. The molecule has 1 heterocycles. The molecule has 0 saturated carbocycles. The Morgan fingerprint density at radius 2 is 2.14 bits per heavy atom. The van der Waals surface area contributed by atoms with E-state index in [1.807, 2.05) is 0 Å². The summed E-state index contributed by atoms with van der Waals surface area (Å²) in [7, 11) is 1.77. The van der Waals surface area contributed by atoms with Gasteiger partial charge < -0.3 is 10.1 Å². The van der Waals surface area contributed by atoms with Crippen LogP contribution in [0.3, 0.4) is 0 Å². The average molecular weight is 290 g/mol. The zero-order valence-corrected chi connectivity index (χ0v) is 14.0. The molecule has 118 valence electrons. The topological polar surface area (TPSA) is 24.5 Å². The highest BCUT2D eigenvalue weighted by molar-refractivity contribution is 5.36. The lowest BCUT2D eigenvalue weighted by Gasteiger charge is -2.40. The number of ether oxygens (including phenoxy) is 1. The predicted molar refractivity (Wildman–Crippen MR) is 88.9 cm³/mol. The number of hydrogen-bond acceptors (Lipinski definition) is 3. The molecule has 2 rings (SSSR count). The Bertz CT molecular complexity index is 447. The van der Waals surface area contributed by atoms with E-state index in [0.29, 0.717) is 12.1 Å². The summed E-state index contributed by atoms with van der Waals surface area (Å²) in [6, 6.07) is 7.74. The summed E-state index contributed by atoms with van der Waals surface area (Å²) in [6.07, 6.45) is 3.70. The molecular weight excluding hydrogens is 260 g/mol. The van der Waals surface area contributed by atoms with Gasteiger partial charge in [-0.3, -0.25) is 4.90 Å². The van der Waals surface area contributed by atoms with Gasteiger partial charge >= 0.3 is 0 Å². The lowest BCUT2D eigenvalue weighted by Crippen LogP contribution is -2.55. The van der Waals surface area contributed by atoms with E-state index >= 15 is 0 Å². The van der Waals surface area contributed by atoms with E-state index in [1.165, 1.54) is 30.4 Å². The quantitative estimate of drug-likeness (QED) is 0.869. The van der Waals surface area contributed by atoms with Crippen molar-refractivity contribution in [3.05, 3.63) is 29.3 Å². The molecule has 3 heteroatoms. The highest BCUT2D eigenvalue weighted by Gasteiger charge is 2.26. The van der Waals surface area contributed by atoms with Gasteiger partial charge in [0.15, 0.2) is 0 Å². The molecule has 0 bridgehead atoms. The number of nitrogens with one attached hydrogen (secondary N) is 1. The molecule has 1 aliphatic heterocycles. The van der Waals surface area contributed by atoms with Crippen LogP contribution in [-0.4, -0.2) is 37.2 Å². The van der Waals surface area contributed by atoms with Crippen molar-refractivity contribution in [2.45, 2.75) is 58.7 Å². The fourth-order valence-electron chi connectivity index (χ4n) is 3.32. The summed E-state index contributed by atoms with van der Waals surface area (Å²) in [4.78, 5) is 2.63. The summed E-state index contributed by atoms with van der Waals surface area (Å²) in [5.74, 6) is 1.01. The third-order valence-corrected chi connectivity index (χ3v) is 4.53. The molecule has 0 aliphatic carbocycles. The van der Waals surface area contributed by atoms with Gasteiger partial charge in [0.1, 0.15) is 5.75 Å². The van der Waals surface area contributed by atoms with Gasteiger partial charge in [-0.15, -0.1) is 0 Å². The first-order valence-electron chi connectivity index (χ1n) is 8.28. The second-order valence-corrected chi connectivity index (χ2v) is 6.20. The Hall–Kier alpha value is -1.06. The lowest BCUT2D eigenvalue weighted by molar-refractivity contribution is 0.114. The van der Waals surface area contributed by atoms with Crippen molar-refractivity contribution >= 4 is 0 Å². The maximum atomic E-state index is 5.54. The minimum absolute atomic E-state index is 0.628. The van der Waals surface area contributed by atoms with E-state index in [2.05, 4.69) is 49.2 Å². The Labute approximate surface area is 129 Å². The van der Waals surface area contributed by atoms with Crippen molar-refractivity contribution in [1.29, 1.82) is 0 Å². The van der Waals surface area contributed by atoms with Gasteiger partial charge in [0.2, 0.25) is 0 Å². The van der Waals surface area contributed by atoms with Crippen LogP contribution in [0.5, 0.6) is 5.75 Å². The highest BCUT2D eigenvalue weighted by Crippen LogP contribution is 2.24. The summed E-state index contributed by atoms with van der Waals surface area (Å²) in [5, 5.41) is 3.70. The van der Waals surface area contributed by atoms with Gasteiger partial charge in [0.25, 0.3) is 0 Å². The van der Waals surface area contributed by atoms with E-state index in [4.69, 9.17) is 4.74 Å². The number of benzene rings is 1. The average Bonchev–Trinajstić information content (AvgIpc) is 2.48. The zero-order valence-electron chi connectivity index (χ0n) is 14.0. The first-order valence-corrected chi connectivity index (χ1v) is 8.28. The first kappa shape index (κ1) is 16.3. The minimum Gasteiger partial charge on any atom is -0.496 e. The number of piperazine rings is 1. The predicted octanol–water partition coefficient (Wildman–Crippen LogP) is 3.36. The first-order chi connectivity index (χ1) is 10.2. The third kappa shape index (κ3) is 4.21. The van der Waals surface area contributed by atoms with Crippen molar-refractivity contribution in [3.63, 3.8) is 0 Å². The molecular formula is C18H30N2O. The Kier molecular flexibility index (Phi) is 6.07. The number of hydrogen-bond donors (Lipinski definition) is 1. The molecule has 1 aromatic carbocycles. The molecule has 1 aliphatic rings. The molecule has 0 amide bonds. The van der Waals surface area contributed by atoms with Crippen LogP contribution < -0.4 is 10.1 Å². The Morgan fingerprint density at radius 1 is 1.33 bits per heavy atom. The summed E-state index contributed by atoms with van der Waals surface area (Å²) in [5.41, 5.74) is 2.62. The lowest BCUT2D eigenvalue weighted by atomic mass is 10.0. The maximum Gasteiger partial charge on any atom is 0.123 e. The van der Waals surface area contributed by atoms with E-state index < -0.39 is 0 Å². The molecule has 3 nitrogen and oxygen atoms in total. The minimum atomic E-state index is 0.628. The summed E-state index contributed by atoms with van der Waals surface area (Å²) >= 11 is 0. The highest BCUT2D eigenvalue weighted by atomic mass is 16.5. The number of aryl methyl sites for hydroxylation is 1. The second kappa shape index (κ2) is 7.81. The van der Waals surface area contributed by atoms with Gasteiger partial charge in [-0.1, -0.05) is 38.0 Å². The van der Waals surface area contributed by atoms with Gasteiger partial charge in [0.05, 0.1) is 7.11 Å². The summed E-state index contributed by atoms with van der Waals surface area (Å²) < 4.78 is 5.54. The molecule has 1 fully saturated rings. The second-order valence-electron chi connectivity index (χ2n) is 6.20. The maximum absolute atomic E-state index is 5.54. The van der Waals surface area contributed by atoms with Crippen LogP contribution in [-0.2, 0) is 6.54 Å². The molecule has 21 heavy (non-hydrogen) atoms. The SMILES string of the molecule is CCCC1CN(Cc2cc(C)ccc2OC)C(CC)CN1. The molecule has 0 radical (unpaired) electrons. The molecule has 2 atom stereocenters. The fraction of sp³-hybridized carbons (Fsp3) is 0.667. The molecule has 1 aromatic rings. The summed E-state index contributed by atoms with van der Waals surface area (Å²) in [6.45, 7) is 9.94. The molecule has 1 saturated heterocycles. The van der Waals surface area contributed by atoms with Crippen molar-refractivity contribution in [3.8, 4) is 5.75 Å².